The second-order valence-corrected chi connectivity index (χ2v) is 27.3. The van der Waals surface area contributed by atoms with Crippen molar-refractivity contribution in [2.75, 3.05) is 26.5 Å². The van der Waals surface area contributed by atoms with Crippen LogP contribution in [0.25, 0.3) is 9.81 Å². The molecule has 0 saturated heterocycles. The maximum Gasteiger partial charge on any atom is 0.412 e. The van der Waals surface area contributed by atoms with Crippen molar-refractivity contribution in [1.29, 1.82) is 0 Å². The van der Waals surface area contributed by atoms with Gasteiger partial charge < -0.3 is 14.2 Å². The predicted octanol–water partition coefficient (Wildman–Crippen LogP) is 10.5. The minimum atomic E-state index is -4.61. The lowest BCUT2D eigenvalue weighted by molar-refractivity contribution is -0.201. The Morgan fingerprint density at radius 2 is 1.11 bits per heavy atom. The van der Waals surface area contributed by atoms with Crippen LogP contribution in [-0.2, 0) is 65.8 Å². The average molecular weight is 1010 g/mol. The summed E-state index contributed by atoms with van der Waals surface area (Å²) >= 11 is 37.3. The lowest BCUT2D eigenvalue weighted by Gasteiger charge is -2.26. The zero-order chi connectivity index (χ0) is 43.0. The van der Waals surface area contributed by atoms with E-state index in [-0.39, 0.29) is 42.6 Å². The molecular formula is C28H30Cl5F6O10P2S4+. The highest BCUT2D eigenvalue weighted by molar-refractivity contribution is 8.09. The van der Waals surface area contributed by atoms with E-state index in [1.807, 2.05) is 0 Å². The molecular weight excluding hydrogens is 978 g/mol. The second-order valence-electron chi connectivity index (χ2n) is 12.1. The standard InChI is InChI=1S/C14H14Cl2F3O5PS2.C11H10Cl2O4S.C3H6ClF3OPS/c1-13(2)12(23-25(3,26)22-7-14(17,18)19)11(27(20,21)24-13)8-4-5-9(15)10(16)6-8;1-11(2)10(14)9(18(15,16)17-11)6-3-4-7(12)8(13)5-6;1-9(4,10)8-2-3(5,6)7/h4-6H,7H2,1-3H3;3-5,14H,1-2H3;4H,2H2,1H3/q;;+1. The molecule has 2 aromatic carbocycles. The molecule has 1 N–H and O–H groups in total. The van der Waals surface area contributed by atoms with Crippen LogP contribution in [0.5, 0.6) is 0 Å². The van der Waals surface area contributed by atoms with Crippen LogP contribution in [0.3, 0.4) is 0 Å². The van der Waals surface area contributed by atoms with Gasteiger partial charge in [-0.15, -0.1) is 0 Å². The highest BCUT2D eigenvalue weighted by atomic mass is 35.7. The third-order valence-electron chi connectivity index (χ3n) is 6.22. The molecule has 55 heavy (non-hydrogen) atoms. The van der Waals surface area contributed by atoms with Crippen molar-refractivity contribution in [3.63, 3.8) is 0 Å². The summed E-state index contributed by atoms with van der Waals surface area (Å²) in [6.07, 6.45) is -8.93. The minimum absolute atomic E-state index is 0.0742. The summed E-state index contributed by atoms with van der Waals surface area (Å²) in [5, 5.41) is 10.7. The number of aliphatic hydroxyl groups excluding tert-OH is 1. The number of hydrogen-bond donors (Lipinski definition) is 1. The molecule has 312 valence electrons. The van der Waals surface area contributed by atoms with Crippen molar-refractivity contribution in [3.8, 4) is 0 Å². The van der Waals surface area contributed by atoms with Crippen LogP contribution in [0.2, 0.25) is 20.1 Å². The lowest BCUT2D eigenvalue weighted by atomic mass is 10.0. The Hall–Kier alpha value is -0.410. The zero-order valence-electron chi connectivity index (χ0n) is 28.7. The Kier molecular flexibility index (Phi) is 16.7. The third kappa shape index (κ3) is 15.3. The van der Waals surface area contributed by atoms with Gasteiger partial charge in [0.2, 0.25) is 6.49 Å². The molecule has 0 bridgehead atoms. The summed E-state index contributed by atoms with van der Waals surface area (Å²) in [6.45, 7) is 1.71. The van der Waals surface area contributed by atoms with Crippen LogP contribution in [0, 0.1) is 11.2 Å². The van der Waals surface area contributed by atoms with Crippen LogP contribution in [-0.4, -0.2) is 72.0 Å². The average Bonchev–Trinajstić information content (AvgIpc) is 3.26. The molecule has 0 spiro atoms. The summed E-state index contributed by atoms with van der Waals surface area (Å²) in [5.41, 5.74) is -5.02. The summed E-state index contributed by atoms with van der Waals surface area (Å²) in [7, 11) is -8.29. The fraction of sp³-hybridized carbons (Fsp3) is 0.429. The maximum absolute atomic E-state index is 12.5. The van der Waals surface area contributed by atoms with E-state index in [1.165, 1.54) is 70.8 Å². The summed E-state index contributed by atoms with van der Waals surface area (Å²) in [6, 6.07) is 8.30. The van der Waals surface area contributed by atoms with E-state index in [9.17, 15) is 48.3 Å². The maximum atomic E-state index is 12.5. The first-order valence-electron chi connectivity index (χ1n) is 14.4. The monoisotopic (exact) mass is 1000 g/mol. The van der Waals surface area contributed by atoms with Gasteiger partial charge in [0.15, 0.2) is 30.2 Å². The van der Waals surface area contributed by atoms with Gasteiger partial charge in [-0.2, -0.15) is 43.2 Å². The fourth-order valence-corrected chi connectivity index (χ4v) is 10.1. The molecule has 0 radical (unpaired) electrons. The van der Waals surface area contributed by atoms with Crippen LogP contribution >= 0.6 is 58.5 Å². The number of hydrogen-bond acceptors (Lipinski definition) is 12. The van der Waals surface area contributed by atoms with Gasteiger partial charge >= 0.3 is 38.2 Å². The molecule has 0 saturated carbocycles. The van der Waals surface area contributed by atoms with Gasteiger partial charge in [-0.05, 0) is 75.6 Å². The van der Waals surface area contributed by atoms with Crippen molar-refractivity contribution in [2.24, 2.45) is 0 Å². The highest BCUT2D eigenvalue weighted by Crippen LogP contribution is 2.55. The van der Waals surface area contributed by atoms with Gasteiger partial charge in [-0.25, -0.2) is 0 Å². The van der Waals surface area contributed by atoms with E-state index in [2.05, 4.69) is 27.6 Å². The smallest absolute Gasteiger partial charge is 0.412 e. The largest absolute Gasteiger partial charge is 0.508 e. The Morgan fingerprint density at radius 1 is 0.727 bits per heavy atom. The van der Waals surface area contributed by atoms with Crippen LogP contribution in [0.4, 0.5) is 26.3 Å². The summed E-state index contributed by atoms with van der Waals surface area (Å²) < 4.78 is 145. The van der Waals surface area contributed by atoms with Crippen molar-refractivity contribution >= 4 is 112 Å². The third-order valence-corrected chi connectivity index (χ3v) is 13.7. The molecule has 0 aliphatic carbocycles. The second kappa shape index (κ2) is 18.1. The zero-order valence-corrected chi connectivity index (χ0v) is 37.6. The normalized spacial score (nSPS) is 20.7. The molecule has 2 aliphatic rings. The Bertz CT molecular complexity index is 2180. The van der Waals surface area contributed by atoms with E-state index >= 15 is 0 Å². The van der Waals surface area contributed by atoms with E-state index in [1.54, 1.807) is 0 Å². The molecule has 2 aromatic rings. The first-order chi connectivity index (χ1) is 24.4. The van der Waals surface area contributed by atoms with Gasteiger partial charge in [-0.1, -0.05) is 58.5 Å². The molecule has 2 heterocycles. The number of benzene rings is 2. The van der Waals surface area contributed by atoms with Gasteiger partial charge in [0.1, 0.15) is 26.8 Å². The van der Waals surface area contributed by atoms with Crippen molar-refractivity contribution in [1.82, 2.24) is 0 Å². The summed E-state index contributed by atoms with van der Waals surface area (Å²) in [4.78, 5) is -0.663. The predicted molar refractivity (Wildman–Crippen MR) is 204 cm³/mol. The van der Waals surface area contributed by atoms with Crippen LogP contribution in [0.1, 0.15) is 38.8 Å². The molecule has 10 nitrogen and oxygen atoms in total. The number of alkyl halides is 6. The first-order valence-corrected chi connectivity index (χ1v) is 26.0. The Morgan fingerprint density at radius 3 is 1.45 bits per heavy atom. The fourth-order valence-electron chi connectivity index (χ4n) is 4.04. The lowest BCUT2D eigenvalue weighted by Crippen LogP contribution is -2.24. The van der Waals surface area contributed by atoms with Crippen molar-refractivity contribution in [2.45, 2.75) is 51.2 Å². The van der Waals surface area contributed by atoms with E-state index in [0.29, 0.717) is 5.02 Å². The molecule has 4 rings (SSSR count). The van der Waals surface area contributed by atoms with E-state index in [0.717, 1.165) is 6.66 Å². The molecule has 2 unspecified atom stereocenters. The Balaban J connectivity index is 0.000000320. The number of aliphatic hydroxyl groups is 1. The Labute approximate surface area is 348 Å². The molecule has 0 fully saturated rings. The van der Waals surface area contributed by atoms with Gasteiger partial charge in [0.25, 0.3) is 0 Å². The number of halogens is 11. The first kappa shape index (κ1) is 50.7. The van der Waals surface area contributed by atoms with E-state index < -0.39 is 74.0 Å². The van der Waals surface area contributed by atoms with Crippen LogP contribution in [0.15, 0.2) is 47.9 Å². The van der Waals surface area contributed by atoms with Gasteiger partial charge in [-0.3, -0.25) is 12.9 Å². The number of rotatable bonds is 8. The van der Waals surface area contributed by atoms with E-state index in [4.69, 9.17) is 75.6 Å². The topological polar surface area (TPSA) is 135 Å². The van der Waals surface area contributed by atoms with Crippen molar-refractivity contribution < 1.29 is 81.5 Å². The highest BCUT2D eigenvalue weighted by Gasteiger charge is 2.49. The van der Waals surface area contributed by atoms with Gasteiger partial charge in [0.05, 0.1) is 20.1 Å². The SMILES string of the molecule is CC1(C)OS(=O)(=O)C(c2ccc(Cl)c(Cl)c2)=C1O.CC1(C)OS(=O)(=O)C(c2ccc(Cl)c(Cl)c2)=C1OP(C)(=S)OCC(F)(F)F.CP(=S)([ClH+])OCC(F)(F)F. The summed E-state index contributed by atoms with van der Waals surface area (Å²) in [5.74, 6) is -0.602. The molecule has 2 atom stereocenters. The van der Waals surface area contributed by atoms with Crippen LogP contribution < -0.4 is 0 Å². The van der Waals surface area contributed by atoms with Gasteiger partial charge in [0, 0.05) is 24.5 Å². The molecule has 2 aliphatic heterocycles. The molecule has 27 heteroatoms. The van der Waals surface area contributed by atoms with Crippen molar-refractivity contribution in [3.05, 3.63) is 79.1 Å². The molecule has 0 amide bonds. The quantitative estimate of drug-likeness (QED) is 0.153. The minimum Gasteiger partial charge on any atom is -0.508 e. The molecule has 0 aromatic heterocycles.